The molecule has 0 radical (unpaired) electrons. The van der Waals surface area contributed by atoms with E-state index in [-0.39, 0.29) is 11.5 Å². The molecule has 1 saturated carbocycles. The van der Waals surface area contributed by atoms with Crippen LogP contribution in [0.2, 0.25) is 0 Å². The molecule has 0 bridgehead atoms. The Kier molecular flexibility index (Phi) is 3.54. The Morgan fingerprint density at radius 3 is 2.65 bits per heavy atom. The van der Waals surface area contributed by atoms with Crippen molar-refractivity contribution in [2.45, 2.75) is 30.8 Å². The summed E-state index contributed by atoms with van der Waals surface area (Å²) in [6, 6.07) is 9.89. The van der Waals surface area contributed by atoms with Crippen molar-refractivity contribution in [3.05, 3.63) is 47.6 Å². The van der Waals surface area contributed by atoms with Gasteiger partial charge in [0.25, 0.3) is 0 Å². The van der Waals surface area contributed by atoms with Crippen LogP contribution in [0.1, 0.15) is 42.6 Å². The van der Waals surface area contributed by atoms with E-state index in [0.29, 0.717) is 18.3 Å². The number of hydrogen-bond donors (Lipinski definition) is 1. The number of hydrogen-bond acceptors (Lipinski definition) is 5. The molecule has 1 fully saturated rings. The van der Waals surface area contributed by atoms with Crippen LogP contribution in [0.4, 0.5) is 0 Å². The zero-order valence-corrected chi connectivity index (χ0v) is 11.6. The van der Waals surface area contributed by atoms with Gasteiger partial charge in [0.15, 0.2) is 0 Å². The van der Waals surface area contributed by atoms with Gasteiger partial charge < -0.3 is 15.0 Å². The highest BCUT2D eigenvalue weighted by Crippen LogP contribution is 2.42. The van der Waals surface area contributed by atoms with Gasteiger partial charge in [0.2, 0.25) is 11.7 Å². The summed E-state index contributed by atoms with van der Waals surface area (Å²) >= 11 is 0. The quantitative estimate of drug-likeness (QED) is 0.903. The van der Waals surface area contributed by atoms with Crippen LogP contribution < -0.4 is 5.73 Å². The summed E-state index contributed by atoms with van der Waals surface area (Å²) in [7, 11) is 1.65. The van der Waals surface area contributed by atoms with E-state index in [0.717, 1.165) is 18.4 Å². The van der Waals surface area contributed by atoms with E-state index < -0.39 is 0 Å². The van der Waals surface area contributed by atoms with Crippen LogP contribution in [0.25, 0.3) is 0 Å². The zero-order chi connectivity index (χ0) is 14.0. The molecule has 5 nitrogen and oxygen atoms in total. The third-order valence-electron chi connectivity index (χ3n) is 4.17. The second-order valence-corrected chi connectivity index (χ2v) is 5.32. The van der Waals surface area contributed by atoms with Crippen molar-refractivity contribution in [3.63, 3.8) is 0 Å². The summed E-state index contributed by atoms with van der Waals surface area (Å²) in [5.41, 5.74) is 6.77. The molecule has 106 valence electrons. The largest absolute Gasteiger partial charge is 0.369 e. The molecule has 1 aliphatic rings. The van der Waals surface area contributed by atoms with E-state index in [1.54, 1.807) is 7.11 Å². The first kappa shape index (κ1) is 13.3. The van der Waals surface area contributed by atoms with E-state index in [1.807, 2.05) is 30.3 Å². The van der Waals surface area contributed by atoms with Crippen molar-refractivity contribution in [1.29, 1.82) is 0 Å². The molecule has 0 amide bonds. The molecular weight excluding hydrogens is 254 g/mol. The molecular formula is C15H19N3O2. The lowest BCUT2D eigenvalue weighted by Crippen LogP contribution is -2.41. The second kappa shape index (κ2) is 5.34. The maximum Gasteiger partial charge on any atom is 0.234 e. The molecule has 2 N–H and O–H groups in total. The molecule has 1 aliphatic carbocycles. The minimum atomic E-state index is -0.302. The van der Waals surface area contributed by atoms with Crippen LogP contribution in [0.5, 0.6) is 0 Å². The summed E-state index contributed by atoms with van der Waals surface area (Å²) in [6.45, 7) is 0.553. The van der Waals surface area contributed by atoms with Gasteiger partial charge in [-0.15, -0.1) is 0 Å². The summed E-state index contributed by atoms with van der Waals surface area (Å²) in [5, 5.41) is 4.09. The first-order valence-corrected chi connectivity index (χ1v) is 6.91. The van der Waals surface area contributed by atoms with E-state index in [2.05, 4.69) is 10.1 Å². The predicted octanol–water partition coefficient (Wildman–Crippen LogP) is 2.19. The van der Waals surface area contributed by atoms with Gasteiger partial charge in [0.05, 0.1) is 5.41 Å². The predicted molar refractivity (Wildman–Crippen MR) is 74.2 cm³/mol. The third kappa shape index (κ3) is 2.13. The highest BCUT2D eigenvalue weighted by molar-refractivity contribution is 5.23. The van der Waals surface area contributed by atoms with E-state index in [1.165, 1.54) is 6.42 Å². The molecule has 20 heavy (non-hydrogen) atoms. The standard InChI is InChI=1S/C15H19N3O2/c1-19-12(11-6-3-2-4-7-11)13-17-14(20-18-13)15(10-16)8-5-9-15/h2-4,6-7,12H,5,8-10,16H2,1H3. The Bertz CT molecular complexity index is 558. The Morgan fingerprint density at radius 2 is 2.10 bits per heavy atom. The minimum absolute atomic E-state index is 0.111. The summed E-state index contributed by atoms with van der Waals surface area (Å²) in [4.78, 5) is 4.54. The normalized spacial score (nSPS) is 18.5. The minimum Gasteiger partial charge on any atom is -0.369 e. The maximum atomic E-state index is 5.87. The average Bonchev–Trinajstić information content (AvgIpc) is 2.90. The fourth-order valence-electron chi connectivity index (χ4n) is 2.68. The van der Waals surface area contributed by atoms with E-state index in [9.17, 15) is 0 Å². The number of rotatable bonds is 5. The third-order valence-corrected chi connectivity index (χ3v) is 4.17. The van der Waals surface area contributed by atoms with Gasteiger partial charge in [0, 0.05) is 13.7 Å². The molecule has 1 aromatic carbocycles. The van der Waals surface area contributed by atoms with Crippen LogP contribution in [-0.2, 0) is 10.2 Å². The van der Waals surface area contributed by atoms with Crippen molar-refractivity contribution in [2.24, 2.45) is 5.73 Å². The number of nitrogens with zero attached hydrogens (tertiary/aromatic N) is 2. The first-order chi connectivity index (χ1) is 9.79. The van der Waals surface area contributed by atoms with Crippen molar-refractivity contribution in [1.82, 2.24) is 10.1 Å². The summed E-state index contributed by atoms with van der Waals surface area (Å²) < 4.78 is 11.0. The summed E-state index contributed by atoms with van der Waals surface area (Å²) in [6.07, 6.45) is 2.91. The number of methoxy groups -OCH3 is 1. The van der Waals surface area contributed by atoms with Gasteiger partial charge >= 0.3 is 0 Å². The molecule has 1 heterocycles. The second-order valence-electron chi connectivity index (χ2n) is 5.32. The van der Waals surface area contributed by atoms with Crippen molar-refractivity contribution in [3.8, 4) is 0 Å². The molecule has 0 saturated heterocycles. The monoisotopic (exact) mass is 273 g/mol. The lowest BCUT2D eigenvalue weighted by Gasteiger charge is -2.36. The average molecular weight is 273 g/mol. The van der Waals surface area contributed by atoms with Gasteiger partial charge in [-0.2, -0.15) is 4.98 Å². The topological polar surface area (TPSA) is 74.2 Å². The van der Waals surface area contributed by atoms with Crippen LogP contribution in [0.15, 0.2) is 34.9 Å². The van der Waals surface area contributed by atoms with Crippen molar-refractivity contribution >= 4 is 0 Å². The van der Waals surface area contributed by atoms with Gasteiger partial charge in [-0.3, -0.25) is 0 Å². The first-order valence-electron chi connectivity index (χ1n) is 6.91. The SMILES string of the molecule is COC(c1ccccc1)c1noc(C2(CN)CCC2)n1. The summed E-state index contributed by atoms with van der Waals surface area (Å²) in [5.74, 6) is 1.22. The molecule has 3 rings (SSSR count). The Balaban J connectivity index is 1.89. The Labute approximate surface area is 118 Å². The highest BCUT2D eigenvalue weighted by atomic mass is 16.5. The van der Waals surface area contributed by atoms with Gasteiger partial charge in [-0.05, 0) is 18.4 Å². The molecule has 1 aromatic heterocycles. The molecule has 0 aliphatic heterocycles. The van der Waals surface area contributed by atoms with Crippen LogP contribution in [0, 0.1) is 0 Å². The number of aromatic nitrogens is 2. The lowest BCUT2D eigenvalue weighted by molar-refractivity contribution is 0.126. The van der Waals surface area contributed by atoms with Crippen LogP contribution in [-0.4, -0.2) is 23.8 Å². The maximum absolute atomic E-state index is 5.87. The number of nitrogens with two attached hydrogens (primary N) is 1. The van der Waals surface area contributed by atoms with Gasteiger partial charge in [-0.25, -0.2) is 0 Å². The smallest absolute Gasteiger partial charge is 0.234 e. The van der Waals surface area contributed by atoms with Crippen LogP contribution >= 0.6 is 0 Å². The Morgan fingerprint density at radius 1 is 1.35 bits per heavy atom. The van der Waals surface area contributed by atoms with E-state index in [4.69, 9.17) is 15.0 Å². The van der Waals surface area contributed by atoms with Gasteiger partial charge in [0.1, 0.15) is 6.10 Å². The van der Waals surface area contributed by atoms with Crippen molar-refractivity contribution < 1.29 is 9.26 Å². The zero-order valence-electron chi connectivity index (χ0n) is 11.6. The molecule has 5 heteroatoms. The number of benzene rings is 1. The Hall–Kier alpha value is -1.72. The molecule has 0 spiro atoms. The molecule has 1 atom stereocenters. The highest BCUT2D eigenvalue weighted by Gasteiger charge is 2.43. The van der Waals surface area contributed by atoms with Crippen molar-refractivity contribution in [2.75, 3.05) is 13.7 Å². The molecule has 1 unspecified atom stereocenters. The van der Waals surface area contributed by atoms with Gasteiger partial charge in [-0.1, -0.05) is 41.9 Å². The molecule has 2 aromatic rings. The van der Waals surface area contributed by atoms with Crippen LogP contribution in [0.3, 0.4) is 0 Å². The number of ether oxygens (including phenoxy) is 1. The fraction of sp³-hybridized carbons (Fsp3) is 0.467. The lowest BCUT2D eigenvalue weighted by atomic mass is 9.69. The van der Waals surface area contributed by atoms with E-state index >= 15 is 0 Å². The fourth-order valence-corrected chi connectivity index (χ4v) is 2.68.